The van der Waals surface area contributed by atoms with Gasteiger partial charge in [-0.05, 0) is 62.2 Å². The van der Waals surface area contributed by atoms with Crippen molar-refractivity contribution >= 4 is 40.4 Å². The van der Waals surface area contributed by atoms with Crippen LogP contribution in [-0.4, -0.2) is 55.5 Å². The molecule has 1 N–H and O–H groups in total. The first kappa shape index (κ1) is 28.6. The van der Waals surface area contributed by atoms with Gasteiger partial charge in [0.2, 0.25) is 5.95 Å². The molecule has 6 rings (SSSR count). The maximum atomic E-state index is 13.5. The van der Waals surface area contributed by atoms with Crippen molar-refractivity contribution in [3.8, 4) is 0 Å². The van der Waals surface area contributed by atoms with Gasteiger partial charge in [0.25, 0.3) is 5.91 Å². The van der Waals surface area contributed by atoms with Gasteiger partial charge in [0.1, 0.15) is 5.82 Å². The highest BCUT2D eigenvalue weighted by molar-refractivity contribution is 6.31. The van der Waals surface area contributed by atoms with Crippen LogP contribution < -0.4 is 10.2 Å². The molecule has 10 heteroatoms. The Bertz CT molecular complexity index is 1760. The van der Waals surface area contributed by atoms with Crippen LogP contribution in [0.4, 0.5) is 16.2 Å². The van der Waals surface area contributed by atoms with E-state index in [4.69, 9.17) is 21.6 Å². The van der Waals surface area contributed by atoms with Gasteiger partial charge >= 0.3 is 0 Å². The van der Waals surface area contributed by atoms with Crippen LogP contribution in [0.25, 0.3) is 11.2 Å². The molecule has 1 saturated heterocycles. The Labute approximate surface area is 255 Å². The summed E-state index contributed by atoms with van der Waals surface area (Å²) in [6.45, 7) is 8.19. The molecule has 2 aromatic heterocycles. The summed E-state index contributed by atoms with van der Waals surface area (Å²) >= 11 is 6.49. The molecule has 2 atom stereocenters. The number of carbonyl (C=O) groups is 1. The van der Waals surface area contributed by atoms with Crippen molar-refractivity contribution < 1.29 is 9.18 Å². The van der Waals surface area contributed by atoms with Crippen molar-refractivity contribution in [2.75, 3.05) is 23.3 Å². The average molecular weight is 598 g/mol. The summed E-state index contributed by atoms with van der Waals surface area (Å²) in [4.78, 5) is 32.1. The monoisotopic (exact) mass is 597 g/mol. The van der Waals surface area contributed by atoms with E-state index in [9.17, 15) is 9.18 Å². The van der Waals surface area contributed by atoms with E-state index in [1.54, 1.807) is 18.5 Å². The second-order valence-corrected chi connectivity index (χ2v) is 11.6. The summed E-state index contributed by atoms with van der Waals surface area (Å²) in [5, 5.41) is 4.08. The molecule has 0 aliphatic carbocycles. The number of nitrogens with one attached hydrogen (secondary N) is 1. The highest BCUT2D eigenvalue weighted by Crippen LogP contribution is 2.28. The molecule has 5 aromatic rings. The van der Waals surface area contributed by atoms with Crippen molar-refractivity contribution in [2.24, 2.45) is 0 Å². The molecule has 8 nitrogen and oxygen atoms in total. The molecule has 43 heavy (non-hydrogen) atoms. The zero-order valence-electron chi connectivity index (χ0n) is 24.3. The lowest BCUT2D eigenvalue weighted by Crippen LogP contribution is -2.58. The first-order valence-corrected chi connectivity index (χ1v) is 14.7. The van der Waals surface area contributed by atoms with Gasteiger partial charge in [0, 0.05) is 42.3 Å². The molecular formula is C33H33ClFN7O. The number of halogens is 2. The maximum Gasteiger partial charge on any atom is 0.254 e. The smallest absolute Gasteiger partial charge is 0.254 e. The number of benzene rings is 3. The third-order valence-electron chi connectivity index (χ3n) is 7.93. The zero-order valence-corrected chi connectivity index (χ0v) is 25.1. The summed E-state index contributed by atoms with van der Waals surface area (Å²) in [6.07, 6.45) is 1.75. The number of imidazole rings is 1. The topological polar surface area (TPSA) is 79.2 Å². The number of aryl methyl sites for hydroxylation is 1. The predicted molar refractivity (Wildman–Crippen MR) is 168 cm³/mol. The minimum absolute atomic E-state index is 0.0230. The number of amides is 1. The fraction of sp³-hybridized carbons (Fsp3) is 0.273. The quantitative estimate of drug-likeness (QED) is 0.236. The molecule has 0 saturated carbocycles. The molecular weight excluding hydrogens is 565 g/mol. The average Bonchev–Trinajstić information content (AvgIpc) is 3.41. The van der Waals surface area contributed by atoms with E-state index in [-0.39, 0.29) is 23.8 Å². The molecule has 0 bridgehead atoms. The minimum atomic E-state index is -0.281. The highest BCUT2D eigenvalue weighted by atomic mass is 35.5. The third kappa shape index (κ3) is 6.03. The lowest BCUT2D eigenvalue weighted by atomic mass is 10.1. The van der Waals surface area contributed by atoms with Gasteiger partial charge in [0.15, 0.2) is 17.0 Å². The number of aromatic nitrogens is 4. The molecule has 3 heterocycles. The standard InChI is InChI=1S/C33H33ClFN7O/c1-21-8-12-25(13-9-21)32(43)41-17-23(3)42(18-22(41)2)33-38-30(36-16-24-10-14-27(35)15-11-24)29-31(39-33)40(20-37-29)19-26-6-4-5-7-28(26)34/h4-15,20,22-23H,16-19H2,1-3H3,(H,36,38,39). The third-order valence-corrected chi connectivity index (χ3v) is 8.29. The highest BCUT2D eigenvalue weighted by Gasteiger charge is 2.34. The minimum Gasteiger partial charge on any atom is -0.364 e. The van der Waals surface area contributed by atoms with Crippen molar-refractivity contribution in [2.45, 2.75) is 45.9 Å². The SMILES string of the molecule is Cc1ccc(C(=O)N2CC(C)N(c3nc(NCc4ccc(F)cc4)c4ncn(Cc5ccccc5Cl)c4n3)CC2C)cc1. The summed E-state index contributed by atoms with van der Waals surface area (Å²) in [6, 6.07) is 21.7. The molecule has 220 valence electrons. The molecule has 1 aliphatic heterocycles. The number of hydrogen-bond donors (Lipinski definition) is 1. The van der Waals surface area contributed by atoms with Gasteiger partial charge in [-0.3, -0.25) is 4.79 Å². The second-order valence-electron chi connectivity index (χ2n) is 11.2. The Balaban J connectivity index is 1.32. The first-order chi connectivity index (χ1) is 20.8. The Morgan fingerprint density at radius 2 is 1.72 bits per heavy atom. The predicted octanol–water partition coefficient (Wildman–Crippen LogP) is 6.33. The van der Waals surface area contributed by atoms with E-state index in [1.807, 2.05) is 64.9 Å². The van der Waals surface area contributed by atoms with E-state index in [2.05, 4.69) is 29.0 Å². The Morgan fingerprint density at radius 3 is 2.47 bits per heavy atom. The fourth-order valence-corrected chi connectivity index (χ4v) is 5.64. The molecule has 0 spiro atoms. The first-order valence-electron chi connectivity index (χ1n) is 14.4. The van der Waals surface area contributed by atoms with Gasteiger partial charge in [0.05, 0.1) is 12.9 Å². The van der Waals surface area contributed by atoms with Crippen molar-refractivity contribution in [3.63, 3.8) is 0 Å². The van der Waals surface area contributed by atoms with E-state index in [0.29, 0.717) is 59.7 Å². The summed E-state index contributed by atoms with van der Waals surface area (Å²) < 4.78 is 15.5. The number of hydrogen-bond acceptors (Lipinski definition) is 6. The van der Waals surface area contributed by atoms with Crippen molar-refractivity contribution in [1.29, 1.82) is 0 Å². The van der Waals surface area contributed by atoms with Gasteiger partial charge < -0.3 is 19.7 Å². The van der Waals surface area contributed by atoms with Gasteiger partial charge in [-0.15, -0.1) is 0 Å². The Hall–Kier alpha value is -4.50. The van der Waals surface area contributed by atoms with E-state index in [0.717, 1.165) is 16.7 Å². The number of carbonyl (C=O) groups excluding carboxylic acids is 1. The van der Waals surface area contributed by atoms with Crippen molar-refractivity contribution in [1.82, 2.24) is 24.4 Å². The summed E-state index contributed by atoms with van der Waals surface area (Å²) in [5.41, 5.74) is 4.97. The van der Waals surface area contributed by atoms with Crippen LogP contribution in [0.3, 0.4) is 0 Å². The largest absolute Gasteiger partial charge is 0.364 e. The van der Waals surface area contributed by atoms with Gasteiger partial charge in [-0.1, -0.05) is 59.6 Å². The van der Waals surface area contributed by atoms with E-state index >= 15 is 0 Å². The molecule has 0 radical (unpaired) electrons. The lowest BCUT2D eigenvalue weighted by molar-refractivity contribution is 0.0643. The molecule has 1 amide bonds. The van der Waals surface area contributed by atoms with Crippen molar-refractivity contribution in [3.05, 3.63) is 112 Å². The zero-order chi connectivity index (χ0) is 30.1. The fourth-order valence-electron chi connectivity index (χ4n) is 5.45. The van der Waals surface area contributed by atoms with E-state index in [1.165, 1.54) is 12.1 Å². The summed E-state index contributed by atoms with van der Waals surface area (Å²) in [7, 11) is 0. The number of rotatable bonds is 7. The number of fused-ring (bicyclic) bond motifs is 1. The van der Waals surface area contributed by atoms with Gasteiger partial charge in [-0.25, -0.2) is 9.37 Å². The normalized spacial score (nSPS) is 17.0. The van der Waals surface area contributed by atoms with Crippen LogP contribution in [0.2, 0.25) is 5.02 Å². The number of piperazine rings is 1. The molecule has 1 aliphatic rings. The second kappa shape index (κ2) is 12.0. The lowest BCUT2D eigenvalue weighted by Gasteiger charge is -2.44. The molecule has 3 aromatic carbocycles. The maximum absolute atomic E-state index is 13.5. The molecule has 1 fully saturated rings. The van der Waals surface area contributed by atoms with Crippen LogP contribution >= 0.6 is 11.6 Å². The Morgan fingerprint density at radius 1 is 0.977 bits per heavy atom. The van der Waals surface area contributed by atoms with Gasteiger partial charge in [-0.2, -0.15) is 9.97 Å². The summed E-state index contributed by atoms with van der Waals surface area (Å²) in [5.74, 6) is 0.878. The van der Waals surface area contributed by atoms with Crippen LogP contribution in [-0.2, 0) is 13.1 Å². The Kier molecular flexibility index (Phi) is 7.99. The van der Waals surface area contributed by atoms with Crippen LogP contribution in [0.15, 0.2) is 79.1 Å². The molecule has 2 unspecified atom stereocenters. The number of anilines is 2. The van der Waals surface area contributed by atoms with Crippen LogP contribution in [0.5, 0.6) is 0 Å². The number of nitrogens with zero attached hydrogens (tertiary/aromatic N) is 6. The van der Waals surface area contributed by atoms with Crippen LogP contribution in [0, 0.1) is 12.7 Å². The van der Waals surface area contributed by atoms with E-state index < -0.39 is 0 Å². The van der Waals surface area contributed by atoms with Crippen LogP contribution in [0.1, 0.15) is 40.9 Å².